The second-order valence-electron chi connectivity index (χ2n) is 3.50. The summed E-state index contributed by atoms with van der Waals surface area (Å²) < 4.78 is 0. The molecule has 0 rings (SSSR count). The van der Waals surface area contributed by atoms with Gasteiger partial charge in [0.1, 0.15) is 6.04 Å². The van der Waals surface area contributed by atoms with Crippen LogP contribution in [0.2, 0.25) is 0 Å². The molecular formula is C10H21N3O2. The van der Waals surface area contributed by atoms with Gasteiger partial charge >= 0.3 is 0 Å². The molecule has 0 radical (unpaired) electrons. The zero-order valence-corrected chi connectivity index (χ0v) is 9.51. The Kier molecular flexibility index (Phi) is 7.62. The molecule has 88 valence electrons. The lowest BCUT2D eigenvalue weighted by Crippen LogP contribution is -2.43. The third-order valence-corrected chi connectivity index (χ3v) is 2.13. The van der Waals surface area contributed by atoms with Crippen LogP contribution < -0.4 is 16.4 Å². The smallest absolute Gasteiger partial charge is 0.242 e. The molecule has 5 heteroatoms. The molecule has 2 amide bonds. The maximum Gasteiger partial charge on any atom is 0.242 e. The number of unbranched alkanes of at least 4 members (excludes halogenated alkanes) is 2. The summed E-state index contributed by atoms with van der Waals surface area (Å²) in [6.45, 7) is 2.33. The van der Waals surface area contributed by atoms with Gasteiger partial charge in [-0.25, -0.2) is 0 Å². The average molecular weight is 215 g/mol. The molecule has 0 saturated carbocycles. The van der Waals surface area contributed by atoms with Gasteiger partial charge in [0.15, 0.2) is 0 Å². The fraction of sp³-hybridized carbons (Fsp3) is 0.800. The van der Waals surface area contributed by atoms with Gasteiger partial charge in [-0.3, -0.25) is 9.59 Å². The first-order chi connectivity index (χ1) is 7.11. The molecule has 0 aliphatic rings. The lowest BCUT2D eigenvalue weighted by molar-refractivity contribution is -0.128. The summed E-state index contributed by atoms with van der Waals surface area (Å²) in [4.78, 5) is 22.4. The summed E-state index contributed by atoms with van der Waals surface area (Å²) in [5.74, 6) is -0.256. The fourth-order valence-corrected chi connectivity index (χ4v) is 1.20. The van der Waals surface area contributed by atoms with Crippen molar-refractivity contribution in [3.05, 3.63) is 0 Å². The quantitative estimate of drug-likeness (QED) is 0.512. The van der Waals surface area contributed by atoms with Gasteiger partial charge in [0, 0.05) is 13.5 Å². The van der Waals surface area contributed by atoms with Gasteiger partial charge in [-0.15, -0.1) is 0 Å². The van der Waals surface area contributed by atoms with E-state index in [2.05, 4.69) is 10.6 Å². The molecule has 0 aliphatic heterocycles. The van der Waals surface area contributed by atoms with Gasteiger partial charge in [0.2, 0.25) is 11.8 Å². The number of amides is 2. The predicted molar refractivity (Wildman–Crippen MR) is 59.2 cm³/mol. The topological polar surface area (TPSA) is 84.2 Å². The molecular weight excluding hydrogens is 194 g/mol. The van der Waals surface area contributed by atoms with Gasteiger partial charge in [-0.1, -0.05) is 6.42 Å². The number of hydrogen-bond acceptors (Lipinski definition) is 3. The molecule has 1 atom stereocenters. The van der Waals surface area contributed by atoms with Crippen LogP contribution in [-0.4, -0.2) is 31.4 Å². The maximum absolute atomic E-state index is 11.3. The minimum absolute atomic E-state index is 0.0804. The Morgan fingerprint density at radius 1 is 1.27 bits per heavy atom. The summed E-state index contributed by atoms with van der Waals surface area (Å²) >= 11 is 0. The van der Waals surface area contributed by atoms with Crippen LogP contribution in [0, 0.1) is 0 Å². The van der Waals surface area contributed by atoms with E-state index in [1.165, 1.54) is 0 Å². The first kappa shape index (κ1) is 13.9. The van der Waals surface area contributed by atoms with Crippen LogP contribution in [0.15, 0.2) is 0 Å². The van der Waals surface area contributed by atoms with E-state index >= 15 is 0 Å². The first-order valence-electron chi connectivity index (χ1n) is 5.32. The molecule has 0 spiro atoms. The van der Waals surface area contributed by atoms with Crippen molar-refractivity contribution in [2.45, 2.75) is 38.6 Å². The number of likely N-dealkylation sites (N-methyl/N-ethyl adjacent to an activating group) is 1. The monoisotopic (exact) mass is 215 g/mol. The van der Waals surface area contributed by atoms with Crippen molar-refractivity contribution < 1.29 is 9.59 Å². The zero-order chi connectivity index (χ0) is 11.7. The number of nitrogens with one attached hydrogen (secondary N) is 2. The lowest BCUT2D eigenvalue weighted by Gasteiger charge is -2.11. The molecule has 0 aromatic heterocycles. The Morgan fingerprint density at radius 2 is 1.93 bits per heavy atom. The van der Waals surface area contributed by atoms with E-state index in [1.807, 2.05) is 0 Å². The summed E-state index contributed by atoms with van der Waals surface area (Å²) in [6, 6.07) is -0.461. The number of hydrogen-bond donors (Lipinski definition) is 3. The standard InChI is InChI=1S/C10H21N3O2/c1-8(10(15)12-2)13-9(14)6-4-3-5-7-11/h8H,3-7,11H2,1-2H3,(H,12,15)(H,13,14). The van der Waals surface area contributed by atoms with Gasteiger partial charge in [-0.05, 0) is 26.3 Å². The van der Waals surface area contributed by atoms with Gasteiger partial charge in [0.05, 0.1) is 0 Å². The van der Waals surface area contributed by atoms with E-state index in [1.54, 1.807) is 14.0 Å². The summed E-state index contributed by atoms with van der Waals surface area (Å²) in [6.07, 6.45) is 3.18. The van der Waals surface area contributed by atoms with Gasteiger partial charge < -0.3 is 16.4 Å². The van der Waals surface area contributed by atoms with E-state index in [0.29, 0.717) is 13.0 Å². The van der Waals surface area contributed by atoms with Crippen LogP contribution in [0.3, 0.4) is 0 Å². The second-order valence-corrected chi connectivity index (χ2v) is 3.50. The Labute approximate surface area is 90.8 Å². The molecule has 15 heavy (non-hydrogen) atoms. The molecule has 0 aromatic rings. The highest BCUT2D eigenvalue weighted by atomic mass is 16.2. The van der Waals surface area contributed by atoms with Crippen molar-refractivity contribution in [3.8, 4) is 0 Å². The van der Waals surface area contributed by atoms with E-state index in [9.17, 15) is 9.59 Å². The maximum atomic E-state index is 11.3. The lowest BCUT2D eigenvalue weighted by atomic mass is 10.2. The molecule has 1 unspecified atom stereocenters. The van der Waals surface area contributed by atoms with Crippen LogP contribution >= 0.6 is 0 Å². The fourth-order valence-electron chi connectivity index (χ4n) is 1.20. The van der Waals surface area contributed by atoms with E-state index in [-0.39, 0.29) is 11.8 Å². The van der Waals surface area contributed by atoms with Crippen LogP contribution in [0.5, 0.6) is 0 Å². The van der Waals surface area contributed by atoms with Crippen LogP contribution in [0.1, 0.15) is 32.6 Å². The summed E-state index contributed by atoms with van der Waals surface area (Å²) in [7, 11) is 1.55. The molecule has 0 heterocycles. The van der Waals surface area contributed by atoms with Crippen LogP contribution in [0.4, 0.5) is 0 Å². The SMILES string of the molecule is CNC(=O)C(C)NC(=O)CCCCCN. The van der Waals surface area contributed by atoms with E-state index < -0.39 is 6.04 Å². The average Bonchev–Trinajstić information content (AvgIpc) is 2.23. The van der Waals surface area contributed by atoms with Crippen molar-refractivity contribution in [2.75, 3.05) is 13.6 Å². The van der Waals surface area contributed by atoms with Crippen LogP contribution in [-0.2, 0) is 9.59 Å². The molecule has 0 bridgehead atoms. The van der Waals surface area contributed by atoms with E-state index in [0.717, 1.165) is 19.3 Å². The molecule has 0 fully saturated rings. The summed E-state index contributed by atoms with van der Waals surface area (Å²) in [5.41, 5.74) is 5.33. The Balaban J connectivity index is 3.60. The minimum Gasteiger partial charge on any atom is -0.357 e. The van der Waals surface area contributed by atoms with Gasteiger partial charge in [0.25, 0.3) is 0 Å². The number of carbonyl (C=O) groups excluding carboxylic acids is 2. The van der Waals surface area contributed by atoms with Crippen molar-refractivity contribution in [1.29, 1.82) is 0 Å². The number of rotatable bonds is 7. The molecule has 0 saturated heterocycles. The Morgan fingerprint density at radius 3 is 2.47 bits per heavy atom. The molecule has 5 nitrogen and oxygen atoms in total. The summed E-state index contributed by atoms with van der Waals surface area (Å²) in [5, 5.41) is 5.10. The largest absolute Gasteiger partial charge is 0.357 e. The highest BCUT2D eigenvalue weighted by molar-refractivity contribution is 5.86. The van der Waals surface area contributed by atoms with Gasteiger partial charge in [-0.2, -0.15) is 0 Å². The second kappa shape index (κ2) is 8.23. The number of nitrogens with two attached hydrogens (primary N) is 1. The highest BCUT2D eigenvalue weighted by Gasteiger charge is 2.12. The Bertz CT molecular complexity index is 207. The molecule has 0 aliphatic carbocycles. The van der Waals surface area contributed by atoms with Crippen molar-refractivity contribution >= 4 is 11.8 Å². The van der Waals surface area contributed by atoms with Crippen molar-refractivity contribution in [3.63, 3.8) is 0 Å². The third-order valence-electron chi connectivity index (χ3n) is 2.13. The molecule has 4 N–H and O–H groups in total. The van der Waals surface area contributed by atoms with Crippen molar-refractivity contribution in [1.82, 2.24) is 10.6 Å². The van der Waals surface area contributed by atoms with E-state index in [4.69, 9.17) is 5.73 Å². The predicted octanol–water partition coefficient (Wildman–Crippen LogP) is -0.244. The first-order valence-corrected chi connectivity index (χ1v) is 5.32. The number of carbonyl (C=O) groups is 2. The van der Waals surface area contributed by atoms with Crippen LogP contribution in [0.25, 0.3) is 0 Å². The zero-order valence-electron chi connectivity index (χ0n) is 9.51. The highest BCUT2D eigenvalue weighted by Crippen LogP contribution is 1.98. The minimum atomic E-state index is -0.461. The Hall–Kier alpha value is -1.10. The normalized spacial score (nSPS) is 11.9. The molecule has 0 aromatic carbocycles. The van der Waals surface area contributed by atoms with Crippen molar-refractivity contribution in [2.24, 2.45) is 5.73 Å². The third kappa shape index (κ3) is 6.90.